The lowest BCUT2D eigenvalue weighted by Gasteiger charge is -2.17. The Morgan fingerprint density at radius 2 is 2.07 bits per heavy atom. The molecule has 2 aromatic carbocycles. The molecule has 2 heterocycles. The molecule has 3 aromatic rings. The number of aromatic nitrogens is 2. The molecule has 1 aromatic heterocycles. The van der Waals surface area contributed by atoms with Crippen LogP contribution in [0.1, 0.15) is 12.8 Å². The highest BCUT2D eigenvalue weighted by Gasteiger charge is 2.20. The third-order valence-electron chi connectivity index (χ3n) is 4.79. The number of nitrogens with zero attached hydrogens (tertiary/aromatic N) is 2. The Kier molecular flexibility index (Phi) is 5.54. The van der Waals surface area contributed by atoms with Crippen molar-refractivity contribution in [1.29, 1.82) is 0 Å². The molecule has 6 nitrogen and oxygen atoms in total. The minimum absolute atomic E-state index is 0.132. The van der Waals surface area contributed by atoms with Crippen molar-refractivity contribution in [2.24, 2.45) is 0 Å². The normalized spacial score (nSPS) is 16.4. The van der Waals surface area contributed by atoms with E-state index in [4.69, 9.17) is 19.2 Å². The monoisotopic (exact) mass is 398 g/mol. The van der Waals surface area contributed by atoms with Crippen molar-refractivity contribution in [3.05, 3.63) is 52.8 Å². The van der Waals surface area contributed by atoms with Crippen LogP contribution in [0, 0.1) is 0 Å². The van der Waals surface area contributed by atoms with E-state index in [1.54, 1.807) is 43.1 Å². The van der Waals surface area contributed by atoms with Gasteiger partial charge in [-0.25, -0.2) is 4.98 Å². The van der Waals surface area contributed by atoms with E-state index in [1.165, 1.54) is 11.8 Å². The second-order valence-electron chi connectivity index (χ2n) is 6.54. The number of methoxy groups -OCH3 is 2. The quantitative estimate of drug-likeness (QED) is 0.466. The lowest BCUT2D eigenvalue weighted by molar-refractivity contribution is 0.129. The van der Waals surface area contributed by atoms with Crippen molar-refractivity contribution in [2.45, 2.75) is 24.1 Å². The highest BCUT2D eigenvalue weighted by molar-refractivity contribution is 7.99. The van der Waals surface area contributed by atoms with Crippen LogP contribution in [0.25, 0.3) is 16.6 Å². The molecule has 1 atom stereocenters. The first kappa shape index (κ1) is 18.8. The van der Waals surface area contributed by atoms with Gasteiger partial charge in [0.05, 0.1) is 36.9 Å². The molecular weight excluding hydrogens is 376 g/mol. The summed E-state index contributed by atoms with van der Waals surface area (Å²) in [7, 11) is 3.18. The minimum atomic E-state index is -0.132. The van der Waals surface area contributed by atoms with Crippen molar-refractivity contribution in [2.75, 3.05) is 26.6 Å². The van der Waals surface area contributed by atoms with E-state index in [2.05, 4.69) is 0 Å². The molecule has 0 saturated carbocycles. The van der Waals surface area contributed by atoms with Gasteiger partial charge >= 0.3 is 0 Å². The van der Waals surface area contributed by atoms with Gasteiger partial charge in [0.25, 0.3) is 5.56 Å². The van der Waals surface area contributed by atoms with Crippen LogP contribution in [0.15, 0.2) is 52.4 Å². The molecule has 146 valence electrons. The third-order valence-corrected chi connectivity index (χ3v) is 5.86. The molecule has 28 heavy (non-hydrogen) atoms. The molecule has 0 N–H and O–H groups in total. The molecule has 0 bridgehead atoms. The summed E-state index contributed by atoms with van der Waals surface area (Å²) in [4.78, 5) is 18.2. The zero-order chi connectivity index (χ0) is 19.5. The summed E-state index contributed by atoms with van der Waals surface area (Å²) < 4.78 is 18.2. The number of thioether (sulfide) groups is 1. The average molecular weight is 398 g/mol. The molecule has 0 radical (unpaired) electrons. The second-order valence-corrected chi connectivity index (χ2v) is 7.52. The Morgan fingerprint density at radius 3 is 2.82 bits per heavy atom. The highest BCUT2D eigenvalue weighted by atomic mass is 32.2. The Hall–Kier alpha value is -2.51. The van der Waals surface area contributed by atoms with Gasteiger partial charge in [0, 0.05) is 18.4 Å². The SMILES string of the molecule is COc1ccc(OC)c(-n2c(SCC3CCCO3)nc3ccccc3c2=O)c1. The molecule has 0 amide bonds. The van der Waals surface area contributed by atoms with E-state index in [0.29, 0.717) is 33.2 Å². The number of hydrogen-bond donors (Lipinski definition) is 0. The summed E-state index contributed by atoms with van der Waals surface area (Å²) in [5.74, 6) is 1.97. The topological polar surface area (TPSA) is 62.6 Å². The summed E-state index contributed by atoms with van der Waals surface area (Å²) in [5, 5.41) is 1.18. The van der Waals surface area contributed by atoms with Crippen LogP contribution in [0.2, 0.25) is 0 Å². The van der Waals surface area contributed by atoms with Crippen LogP contribution < -0.4 is 15.0 Å². The summed E-state index contributed by atoms with van der Waals surface area (Å²) in [6.07, 6.45) is 2.30. The molecule has 1 aliphatic heterocycles. The molecule has 4 rings (SSSR count). The predicted molar refractivity (Wildman–Crippen MR) is 110 cm³/mol. The highest BCUT2D eigenvalue weighted by Crippen LogP contribution is 2.31. The third kappa shape index (κ3) is 3.59. The number of ether oxygens (including phenoxy) is 3. The van der Waals surface area contributed by atoms with Gasteiger partial charge in [-0.2, -0.15) is 0 Å². The van der Waals surface area contributed by atoms with E-state index in [9.17, 15) is 4.79 Å². The number of hydrogen-bond acceptors (Lipinski definition) is 6. The van der Waals surface area contributed by atoms with Crippen molar-refractivity contribution in [1.82, 2.24) is 9.55 Å². The van der Waals surface area contributed by atoms with Crippen LogP contribution >= 0.6 is 11.8 Å². The van der Waals surface area contributed by atoms with Gasteiger partial charge in [-0.15, -0.1) is 0 Å². The van der Waals surface area contributed by atoms with Gasteiger partial charge < -0.3 is 14.2 Å². The lowest BCUT2D eigenvalue weighted by atomic mass is 10.2. The molecule has 1 saturated heterocycles. The van der Waals surface area contributed by atoms with E-state index in [1.807, 2.05) is 18.2 Å². The van der Waals surface area contributed by atoms with Gasteiger partial charge in [-0.3, -0.25) is 9.36 Å². The maximum absolute atomic E-state index is 13.4. The van der Waals surface area contributed by atoms with Crippen molar-refractivity contribution < 1.29 is 14.2 Å². The largest absolute Gasteiger partial charge is 0.497 e. The fourth-order valence-corrected chi connectivity index (χ4v) is 4.41. The second kappa shape index (κ2) is 8.24. The molecule has 7 heteroatoms. The summed E-state index contributed by atoms with van der Waals surface area (Å²) in [5.41, 5.74) is 1.16. The predicted octanol–water partition coefficient (Wildman–Crippen LogP) is 3.67. The van der Waals surface area contributed by atoms with Crippen LogP contribution in [0.3, 0.4) is 0 Å². The first-order chi connectivity index (χ1) is 13.7. The van der Waals surface area contributed by atoms with Crippen LogP contribution in [0.4, 0.5) is 0 Å². The molecule has 0 aliphatic carbocycles. The maximum Gasteiger partial charge on any atom is 0.266 e. The average Bonchev–Trinajstić information content (AvgIpc) is 3.25. The van der Waals surface area contributed by atoms with E-state index < -0.39 is 0 Å². The molecule has 1 unspecified atom stereocenters. The van der Waals surface area contributed by atoms with Crippen LogP contribution in [-0.2, 0) is 4.74 Å². The summed E-state index contributed by atoms with van der Waals surface area (Å²) in [6, 6.07) is 12.8. The summed E-state index contributed by atoms with van der Waals surface area (Å²) >= 11 is 1.53. The van der Waals surface area contributed by atoms with Crippen molar-refractivity contribution >= 4 is 22.7 Å². The molecular formula is C21H22N2O4S. The molecule has 1 aliphatic rings. The number of rotatable bonds is 6. The van der Waals surface area contributed by atoms with Gasteiger partial charge in [0.15, 0.2) is 5.16 Å². The van der Waals surface area contributed by atoms with Gasteiger partial charge in [-0.1, -0.05) is 23.9 Å². The molecule has 1 fully saturated rings. The Balaban J connectivity index is 1.88. The smallest absolute Gasteiger partial charge is 0.266 e. The first-order valence-electron chi connectivity index (χ1n) is 9.20. The van der Waals surface area contributed by atoms with E-state index in [-0.39, 0.29) is 11.7 Å². The Labute approximate surface area is 167 Å². The fourth-order valence-electron chi connectivity index (χ4n) is 3.34. The van der Waals surface area contributed by atoms with E-state index >= 15 is 0 Å². The number of benzene rings is 2. The Bertz CT molecular complexity index is 1040. The lowest BCUT2D eigenvalue weighted by Crippen LogP contribution is -2.23. The maximum atomic E-state index is 13.4. The fraction of sp³-hybridized carbons (Fsp3) is 0.333. The number of para-hydroxylation sites is 1. The van der Waals surface area contributed by atoms with Gasteiger partial charge in [0.2, 0.25) is 0 Å². The first-order valence-corrected chi connectivity index (χ1v) is 10.2. The van der Waals surface area contributed by atoms with Crippen molar-refractivity contribution in [3.8, 4) is 17.2 Å². The zero-order valence-corrected chi connectivity index (χ0v) is 16.7. The molecule has 0 spiro atoms. The zero-order valence-electron chi connectivity index (χ0n) is 15.9. The minimum Gasteiger partial charge on any atom is -0.497 e. The van der Waals surface area contributed by atoms with Crippen LogP contribution in [-0.4, -0.2) is 42.2 Å². The van der Waals surface area contributed by atoms with Crippen LogP contribution in [0.5, 0.6) is 11.5 Å². The van der Waals surface area contributed by atoms with Gasteiger partial charge in [-0.05, 0) is 37.1 Å². The Morgan fingerprint density at radius 1 is 1.21 bits per heavy atom. The number of fused-ring (bicyclic) bond motifs is 1. The summed E-state index contributed by atoms with van der Waals surface area (Å²) in [6.45, 7) is 0.799. The van der Waals surface area contributed by atoms with E-state index in [0.717, 1.165) is 25.2 Å². The standard InChI is InChI=1S/C21H22N2O4S/c1-25-14-9-10-19(26-2)18(12-14)23-20(24)16-7-3-4-8-17(16)22-21(23)28-13-15-6-5-11-27-15/h3-4,7-10,12,15H,5-6,11,13H2,1-2H3. The van der Waals surface area contributed by atoms with Gasteiger partial charge in [0.1, 0.15) is 11.5 Å². The van der Waals surface area contributed by atoms with Crippen molar-refractivity contribution in [3.63, 3.8) is 0 Å².